The molecule has 0 aromatic carbocycles. The first-order chi connectivity index (χ1) is 9.55. The van der Waals surface area contributed by atoms with Gasteiger partial charge in [0.1, 0.15) is 0 Å². The Balaban J connectivity index is 2.19. The third-order valence-corrected chi connectivity index (χ3v) is 3.26. The number of ketones is 1. The molecule has 0 N–H and O–H groups in total. The van der Waals surface area contributed by atoms with E-state index in [1.54, 1.807) is 17.0 Å². The third kappa shape index (κ3) is 2.87. The molecule has 2 aromatic heterocycles. The fraction of sp³-hybridized carbons (Fsp3) is 0.400. The van der Waals surface area contributed by atoms with Crippen LogP contribution < -0.4 is 0 Å². The molecule has 0 unspecified atom stereocenters. The number of allylic oxidation sites excluding steroid dienone is 1. The van der Waals surface area contributed by atoms with Gasteiger partial charge < -0.3 is 0 Å². The minimum absolute atomic E-state index is 0.0224. The van der Waals surface area contributed by atoms with Crippen LogP contribution in [-0.2, 0) is 13.1 Å². The van der Waals surface area contributed by atoms with Crippen molar-refractivity contribution in [1.82, 2.24) is 19.6 Å². The van der Waals surface area contributed by atoms with Crippen molar-refractivity contribution in [2.24, 2.45) is 0 Å². The molecule has 5 heteroatoms. The molecule has 2 rings (SSSR count). The van der Waals surface area contributed by atoms with Gasteiger partial charge in [0, 0.05) is 31.0 Å². The molecular formula is C15H20N4O. The summed E-state index contributed by atoms with van der Waals surface area (Å²) in [5.74, 6) is -0.0224. The maximum atomic E-state index is 12.2. The van der Waals surface area contributed by atoms with Gasteiger partial charge in [-0.2, -0.15) is 10.2 Å². The number of hydrogen-bond acceptors (Lipinski definition) is 3. The second-order valence-electron chi connectivity index (χ2n) is 4.71. The summed E-state index contributed by atoms with van der Waals surface area (Å²) < 4.78 is 3.64. The number of carbonyl (C=O) groups is 1. The molecule has 0 aliphatic carbocycles. The fourth-order valence-corrected chi connectivity index (χ4v) is 2.04. The Morgan fingerprint density at radius 2 is 1.70 bits per heavy atom. The summed E-state index contributed by atoms with van der Waals surface area (Å²) in [6.07, 6.45) is 7.15. The zero-order valence-electron chi connectivity index (χ0n) is 12.4. The molecule has 20 heavy (non-hydrogen) atoms. The monoisotopic (exact) mass is 272 g/mol. The molecular weight excluding hydrogens is 252 g/mol. The Kier molecular flexibility index (Phi) is 4.17. The van der Waals surface area contributed by atoms with Gasteiger partial charge in [-0.3, -0.25) is 14.2 Å². The van der Waals surface area contributed by atoms with E-state index in [0.29, 0.717) is 5.56 Å². The molecule has 0 saturated carbocycles. The van der Waals surface area contributed by atoms with Crippen molar-refractivity contribution < 1.29 is 4.79 Å². The maximum absolute atomic E-state index is 12.2. The number of aryl methyl sites for hydroxylation is 4. The molecule has 106 valence electrons. The lowest BCUT2D eigenvalue weighted by Gasteiger charge is -1.92. The molecule has 0 spiro atoms. The van der Waals surface area contributed by atoms with Crippen LogP contribution in [0.3, 0.4) is 0 Å². The molecule has 0 aliphatic heterocycles. The summed E-state index contributed by atoms with van der Waals surface area (Å²) in [4.78, 5) is 12.2. The van der Waals surface area contributed by atoms with Crippen molar-refractivity contribution in [2.45, 2.75) is 40.8 Å². The first-order valence-corrected chi connectivity index (χ1v) is 6.85. The highest BCUT2D eigenvalue weighted by Gasteiger charge is 2.10. The van der Waals surface area contributed by atoms with Crippen LogP contribution in [0.4, 0.5) is 0 Å². The minimum atomic E-state index is -0.0224. The summed E-state index contributed by atoms with van der Waals surface area (Å²) in [6, 6.07) is 0. The van der Waals surface area contributed by atoms with Crippen molar-refractivity contribution in [2.75, 3.05) is 0 Å². The lowest BCUT2D eigenvalue weighted by molar-refractivity contribution is 0.104. The second kappa shape index (κ2) is 5.86. The van der Waals surface area contributed by atoms with E-state index in [9.17, 15) is 4.79 Å². The molecule has 2 heterocycles. The number of nitrogens with zero attached hydrogens (tertiary/aromatic N) is 4. The highest BCUT2D eigenvalue weighted by Crippen LogP contribution is 2.11. The largest absolute Gasteiger partial charge is 0.289 e. The quantitative estimate of drug-likeness (QED) is 0.621. The number of carbonyl (C=O) groups excluding carboxylic acids is 1. The van der Waals surface area contributed by atoms with E-state index in [1.807, 2.05) is 44.6 Å². The first-order valence-electron chi connectivity index (χ1n) is 6.85. The van der Waals surface area contributed by atoms with Crippen molar-refractivity contribution in [3.05, 3.63) is 41.0 Å². The summed E-state index contributed by atoms with van der Waals surface area (Å²) >= 11 is 0. The summed E-state index contributed by atoms with van der Waals surface area (Å²) in [5.41, 5.74) is 3.32. The zero-order valence-corrected chi connectivity index (χ0v) is 12.4. The van der Waals surface area contributed by atoms with Gasteiger partial charge in [0.2, 0.25) is 0 Å². The van der Waals surface area contributed by atoms with Gasteiger partial charge in [0.05, 0.1) is 17.0 Å². The lowest BCUT2D eigenvalue weighted by atomic mass is 10.1. The molecule has 0 saturated heterocycles. The molecule has 0 radical (unpaired) electrons. The molecule has 0 aliphatic rings. The van der Waals surface area contributed by atoms with Crippen LogP contribution in [0.1, 0.15) is 41.2 Å². The first kappa shape index (κ1) is 14.2. The molecule has 0 bridgehead atoms. The summed E-state index contributed by atoms with van der Waals surface area (Å²) in [5, 5.41) is 8.64. The normalized spacial score (nSPS) is 11.4. The SMILES string of the molecule is CCn1cc(/C=C/C(=O)c2cn(CC)nc2C)c(C)n1. The standard InChI is InChI=1S/C15H20N4O/c1-5-18-9-13(11(3)16-18)7-8-15(20)14-10-19(6-2)17-12(14)4/h7-10H,5-6H2,1-4H3/b8-7+. The minimum Gasteiger partial charge on any atom is -0.289 e. The topological polar surface area (TPSA) is 52.7 Å². The highest BCUT2D eigenvalue weighted by molar-refractivity contribution is 6.07. The van der Waals surface area contributed by atoms with Crippen molar-refractivity contribution in [1.29, 1.82) is 0 Å². The van der Waals surface area contributed by atoms with Crippen LogP contribution in [0.25, 0.3) is 6.08 Å². The van der Waals surface area contributed by atoms with Gasteiger partial charge in [-0.15, -0.1) is 0 Å². The predicted molar refractivity (Wildman–Crippen MR) is 78.6 cm³/mol. The number of aromatic nitrogens is 4. The van der Waals surface area contributed by atoms with Crippen LogP contribution in [0.5, 0.6) is 0 Å². The third-order valence-electron chi connectivity index (χ3n) is 3.26. The Hall–Kier alpha value is -2.17. The molecule has 5 nitrogen and oxygen atoms in total. The average Bonchev–Trinajstić information content (AvgIpc) is 2.99. The van der Waals surface area contributed by atoms with E-state index in [2.05, 4.69) is 10.2 Å². The lowest BCUT2D eigenvalue weighted by Crippen LogP contribution is -1.95. The summed E-state index contributed by atoms with van der Waals surface area (Å²) in [6.45, 7) is 9.42. The van der Waals surface area contributed by atoms with E-state index >= 15 is 0 Å². The van der Waals surface area contributed by atoms with Gasteiger partial charge >= 0.3 is 0 Å². The van der Waals surface area contributed by atoms with Crippen LogP contribution in [0.15, 0.2) is 18.5 Å². The molecule has 0 atom stereocenters. The van der Waals surface area contributed by atoms with E-state index in [-0.39, 0.29) is 5.78 Å². The van der Waals surface area contributed by atoms with Gasteiger partial charge in [0.15, 0.2) is 5.78 Å². The molecule has 0 fully saturated rings. The Morgan fingerprint density at radius 1 is 1.10 bits per heavy atom. The average molecular weight is 272 g/mol. The van der Waals surface area contributed by atoms with Gasteiger partial charge in [0.25, 0.3) is 0 Å². The Labute approximate surface area is 118 Å². The van der Waals surface area contributed by atoms with E-state index in [4.69, 9.17) is 0 Å². The van der Waals surface area contributed by atoms with E-state index < -0.39 is 0 Å². The Bertz CT molecular complexity index is 649. The van der Waals surface area contributed by atoms with Crippen LogP contribution in [0, 0.1) is 13.8 Å². The molecule has 2 aromatic rings. The summed E-state index contributed by atoms with van der Waals surface area (Å²) in [7, 11) is 0. The van der Waals surface area contributed by atoms with E-state index in [1.165, 1.54) is 0 Å². The van der Waals surface area contributed by atoms with Crippen LogP contribution in [-0.4, -0.2) is 25.3 Å². The van der Waals surface area contributed by atoms with Gasteiger partial charge in [-0.05, 0) is 39.8 Å². The smallest absolute Gasteiger partial charge is 0.189 e. The fourth-order valence-electron chi connectivity index (χ4n) is 2.04. The highest BCUT2D eigenvalue weighted by atomic mass is 16.1. The van der Waals surface area contributed by atoms with Crippen molar-refractivity contribution in [3.63, 3.8) is 0 Å². The van der Waals surface area contributed by atoms with Crippen LogP contribution >= 0.6 is 0 Å². The molecule has 0 amide bonds. The van der Waals surface area contributed by atoms with E-state index in [0.717, 1.165) is 30.0 Å². The van der Waals surface area contributed by atoms with Crippen molar-refractivity contribution >= 4 is 11.9 Å². The van der Waals surface area contributed by atoms with Gasteiger partial charge in [-0.25, -0.2) is 0 Å². The number of rotatable bonds is 5. The Morgan fingerprint density at radius 3 is 2.25 bits per heavy atom. The predicted octanol–water partition coefficient (Wildman–Crippen LogP) is 2.63. The number of hydrogen-bond donors (Lipinski definition) is 0. The second-order valence-corrected chi connectivity index (χ2v) is 4.71. The van der Waals surface area contributed by atoms with Gasteiger partial charge in [-0.1, -0.05) is 0 Å². The maximum Gasteiger partial charge on any atom is 0.189 e. The van der Waals surface area contributed by atoms with Crippen LogP contribution in [0.2, 0.25) is 0 Å². The van der Waals surface area contributed by atoms with Crippen molar-refractivity contribution in [3.8, 4) is 0 Å². The zero-order chi connectivity index (χ0) is 14.7.